The van der Waals surface area contributed by atoms with Crippen LogP contribution in [0.4, 0.5) is 8.78 Å². The molecule has 0 aliphatic carbocycles. The van der Waals surface area contributed by atoms with Crippen molar-refractivity contribution in [2.45, 2.75) is 11.9 Å². The minimum absolute atomic E-state index is 0. The molecule has 84 valence electrons. The summed E-state index contributed by atoms with van der Waals surface area (Å²) in [7, 11) is -4.87. The fraction of sp³-hybridized carbons (Fsp3) is 0.250. The van der Waals surface area contributed by atoms with Crippen LogP contribution in [0.2, 0.25) is 0 Å². The van der Waals surface area contributed by atoms with Gasteiger partial charge in [-0.25, -0.2) is 17.2 Å². The Kier molecular flexibility index (Phi) is 6.02. The Hall–Kier alpha value is -0.0500. The molecule has 1 unspecified atom stereocenters. The van der Waals surface area contributed by atoms with Crippen LogP contribution in [0, 0.1) is 0 Å². The van der Waals surface area contributed by atoms with E-state index in [1.165, 1.54) is 0 Å². The molecular weight excluding hydrogens is 253 g/mol. The van der Waals surface area contributed by atoms with Crippen molar-refractivity contribution in [1.29, 1.82) is 0 Å². The van der Waals surface area contributed by atoms with E-state index in [1.807, 2.05) is 0 Å². The molecule has 0 radical (unpaired) electrons. The second kappa shape index (κ2) is 6.04. The normalized spacial score (nSPS) is 13.3. The smallest absolute Gasteiger partial charge is 0.746 e. The molecule has 0 fully saturated rings. The van der Waals surface area contributed by atoms with Gasteiger partial charge in [0.25, 0.3) is 6.43 Å². The van der Waals surface area contributed by atoms with Crippen molar-refractivity contribution in [2.75, 3.05) is 0 Å². The van der Waals surface area contributed by atoms with Gasteiger partial charge in [-0.3, -0.25) is 0 Å². The summed E-state index contributed by atoms with van der Waals surface area (Å²) in [6.07, 6.45) is -2.68. The van der Waals surface area contributed by atoms with Crippen molar-refractivity contribution < 1.29 is 56.4 Å². The largest absolute Gasteiger partial charge is 1.00 e. The molecule has 4 nitrogen and oxygen atoms in total. The fourth-order valence-corrected chi connectivity index (χ4v) is 1.46. The average molecular weight is 260 g/mol. The minimum Gasteiger partial charge on any atom is -0.746 e. The third-order valence-corrected chi connectivity index (χ3v) is 2.57. The van der Waals surface area contributed by atoms with Gasteiger partial charge in [0.15, 0.2) is 5.44 Å². The molecule has 0 heterocycles. The van der Waals surface area contributed by atoms with E-state index in [9.17, 15) is 21.8 Å². The Morgan fingerprint density at radius 3 is 1.81 bits per heavy atom. The van der Waals surface area contributed by atoms with Crippen LogP contribution in [-0.2, 0) is 10.1 Å². The van der Waals surface area contributed by atoms with Crippen LogP contribution < -0.4 is 29.6 Å². The third-order valence-electron chi connectivity index (χ3n) is 1.75. The monoisotopic (exact) mass is 260 g/mol. The molecule has 0 bridgehead atoms. The van der Waals surface area contributed by atoms with Crippen molar-refractivity contribution in [3.05, 3.63) is 35.4 Å². The van der Waals surface area contributed by atoms with E-state index in [1.54, 1.807) is 0 Å². The molecular formula is C8H7F2NaO4S. The predicted molar refractivity (Wildman–Crippen MR) is 46.1 cm³/mol. The van der Waals surface area contributed by atoms with Crippen molar-refractivity contribution in [3.63, 3.8) is 0 Å². The standard InChI is InChI=1S/C8H8F2O4S.Na/c9-7(10)5-1-3-6(4-2-5)8(11)15(12,13)14;/h1-4,7-8,11H,(H,12,13,14);/q;+1/p-1. The van der Waals surface area contributed by atoms with Gasteiger partial charge in [-0.05, 0) is 5.56 Å². The van der Waals surface area contributed by atoms with Crippen LogP contribution in [-0.4, -0.2) is 18.1 Å². The van der Waals surface area contributed by atoms with Gasteiger partial charge in [-0.2, -0.15) is 0 Å². The molecule has 1 N–H and O–H groups in total. The number of aliphatic hydroxyl groups is 1. The zero-order valence-corrected chi connectivity index (χ0v) is 11.1. The van der Waals surface area contributed by atoms with Gasteiger partial charge in [0.2, 0.25) is 0 Å². The van der Waals surface area contributed by atoms with Gasteiger partial charge in [-0.15, -0.1) is 0 Å². The van der Waals surface area contributed by atoms with Crippen LogP contribution in [0.25, 0.3) is 0 Å². The molecule has 0 saturated heterocycles. The zero-order chi connectivity index (χ0) is 11.6. The molecule has 0 spiro atoms. The first-order valence-corrected chi connectivity index (χ1v) is 5.30. The van der Waals surface area contributed by atoms with Crippen LogP contribution in [0.3, 0.4) is 0 Å². The van der Waals surface area contributed by atoms with E-state index in [-0.39, 0.29) is 40.7 Å². The van der Waals surface area contributed by atoms with Crippen molar-refractivity contribution in [2.24, 2.45) is 0 Å². The first-order chi connectivity index (χ1) is 6.82. The number of hydrogen-bond donors (Lipinski definition) is 1. The van der Waals surface area contributed by atoms with Gasteiger partial charge in [-0.1, -0.05) is 24.3 Å². The second-order valence-corrected chi connectivity index (χ2v) is 4.24. The van der Waals surface area contributed by atoms with Gasteiger partial charge in [0.1, 0.15) is 10.1 Å². The zero-order valence-electron chi connectivity index (χ0n) is 8.30. The topological polar surface area (TPSA) is 77.4 Å². The predicted octanol–water partition coefficient (Wildman–Crippen LogP) is -1.84. The minimum atomic E-state index is -4.87. The Labute approximate surface area is 113 Å². The van der Waals surface area contributed by atoms with Crippen molar-refractivity contribution >= 4 is 10.1 Å². The average Bonchev–Trinajstić information content (AvgIpc) is 2.15. The third kappa shape index (κ3) is 4.08. The van der Waals surface area contributed by atoms with Gasteiger partial charge < -0.3 is 9.66 Å². The SMILES string of the molecule is O=S(=O)([O-])C(O)c1ccc(C(F)F)cc1.[Na+]. The summed E-state index contributed by atoms with van der Waals surface area (Å²) in [5, 5.41) is 9.00. The molecule has 8 heteroatoms. The van der Waals surface area contributed by atoms with E-state index < -0.39 is 22.0 Å². The number of hydrogen-bond acceptors (Lipinski definition) is 4. The first kappa shape index (κ1) is 16.0. The van der Waals surface area contributed by atoms with Gasteiger partial charge in [0.05, 0.1) is 0 Å². The molecule has 1 aromatic rings. The molecule has 0 aliphatic heterocycles. The van der Waals surface area contributed by atoms with Gasteiger partial charge in [0, 0.05) is 5.56 Å². The molecule has 1 atom stereocenters. The summed E-state index contributed by atoms with van der Waals surface area (Å²) in [5.74, 6) is 0. The van der Waals surface area contributed by atoms with Crippen LogP contribution in [0.5, 0.6) is 0 Å². The van der Waals surface area contributed by atoms with E-state index in [0.717, 1.165) is 24.3 Å². The molecule has 1 rings (SSSR count). The number of benzene rings is 1. The quantitative estimate of drug-likeness (QED) is 0.512. The molecule has 0 aromatic heterocycles. The number of aliphatic hydroxyl groups excluding tert-OH is 1. The fourth-order valence-electron chi connectivity index (χ4n) is 0.973. The van der Waals surface area contributed by atoms with Crippen LogP contribution in [0.1, 0.15) is 23.0 Å². The molecule has 0 saturated carbocycles. The Morgan fingerprint density at radius 2 is 1.50 bits per heavy atom. The molecule has 1 aromatic carbocycles. The van der Waals surface area contributed by atoms with Crippen LogP contribution in [0.15, 0.2) is 24.3 Å². The Balaban J connectivity index is 0.00000225. The van der Waals surface area contributed by atoms with E-state index in [0.29, 0.717) is 0 Å². The number of alkyl halides is 2. The van der Waals surface area contributed by atoms with Gasteiger partial charge >= 0.3 is 29.6 Å². The van der Waals surface area contributed by atoms with Crippen LogP contribution >= 0.6 is 0 Å². The molecule has 0 aliphatic rings. The number of rotatable bonds is 3. The first-order valence-electron chi connectivity index (χ1n) is 3.83. The summed E-state index contributed by atoms with van der Waals surface area (Å²) in [4.78, 5) is 0. The summed E-state index contributed by atoms with van der Waals surface area (Å²) in [5.41, 5.74) is -2.76. The summed E-state index contributed by atoms with van der Waals surface area (Å²) >= 11 is 0. The van der Waals surface area contributed by atoms with Crippen molar-refractivity contribution in [1.82, 2.24) is 0 Å². The maximum atomic E-state index is 12.1. The Bertz CT molecular complexity index is 432. The maximum Gasteiger partial charge on any atom is 1.00 e. The molecule has 16 heavy (non-hydrogen) atoms. The van der Waals surface area contributed by atoms with E-state index in [4.69, 9.17) is 5.11 Å². The summed E-state index contributed by atoms with van der Waals surface area (Å²) in [6, 6.07) is 3.85. The number of halogens is 2. The Morgan fingerprint density at radius 1 is 1.12 bits per heavy atom. The maximum absolute atomic E-state index is 12.1. The second-order valence-electron chi connectivity index (χ2n) is 2.81. The summed E-state index contributed by atoms with van der Waals surface area (Å²) < 4.78 is 55.4. The van der Waals surface area contributed by atoms with Crippen molar-refractivity contribution in [3.8, 4) is 0 Å². The summed E-state index contributed by atoms with van der Waals surface area (Å²) in [6.45, 7) is 0. The van der Waals surface area contributed by atoms with E-state index in [2.05, 4.69) is 0 Å². The molecule has 0 amide bonds. The van der Waals surface area contributed by atoms with E-state index >= 15 is 0 Å².